The van der Waals surface area contributed by atoms with Crippen LogP contribution < -0.4 is 5.32 Å². The van der Waals surface area contributed by atoms with Crippen LogP contribution in [0.5, 0.6) is 0 Å². The van der Waals surface area contributed by atoms with E-state index in [1.807, 2.05) is 6.07 Å². The SMILES string of the molecule is CC(C)(C)CNc1cc(Br)n[nH]1. The molecule has 0 unspecified atom stereocenters. The summed E-state index contributed by atoms with van der Waals surface area (Å²) in [5, 5.41) is 10.1. The number of anilines is 1. The van der Waals surface area contributed by atoms with Crippen molar-refractivity contribution in [1.29, 1.82) is 0 Å². The summed E-state index contributed by atoms with van der Waals surface area (Å²) in [6.07, 6.45) is 0. The number of halogens is 1. The number of hydrogen-bond acceptors (Lipinski definition) is 2. The van der Waals surface area contributed by atoms with Gasteiger partial charge in [-0.1, -0.05) is 20.8 Å². The number of nitrogens with zero attached hydrogens (tertiary/aromatic N) is 1. The summed E-state index contributed by atoms with van der Waals surface area (Å²) in [6.45, 7) is 7.49. The Kier molecular flexibility index (Phi) is 2.77. The van der Waals surface area contributed by atoms with Crippen LogP contribution in [0.15, 0.2) is 10.7 Å². The first-order valence-electron chi connectivity index (χ1n) is 3.92. The van der Waals surface area contributed by atoms with Crippen molar-refractivity contribution >= 4 is 21.7 Å². The van der Waals surface area contributed by atoms with E-state index in [9.17, 15) is 0 Å². The Hall–Kier alpha value is -0.510. The fourth-order valence-corrected chi connectivity index (χ4v) is 1.07. The minimum Gasteiger partial charge on any atom is -0.370 e. The smallest absolute Gasteiger partial charge is 0.130 e. The van der Waals surface area contributed by atoms with Crippen molar-refractivity contribution in [2.45, 2.75) is 20.8 Å². The molecule has 0 aromatic carbocycles. The standard InChI is InChI=1S/C8H14BrN3/c1-8(2,3)5-10-7-4-6(9)11-12-7/h4H,5H2,1-3H3,(H2,10,11,12). The van der Waals surface area contributed by atoms with Gasteiger partial charge in [0, 0.05) is 12.6 Å². The first kappa shape index (κ1) is 9.58. The summed E-state index contributed by atoms with van der Waals surface area (Å²) in [5.74, 6) is 0.955. The minimum atomic E-state index is 0.289. The van der Waals surface area contributed by atoms with Crippen LogP contribution in [0.3, 0.4) is 0 Å². The summed E-state index contributed by atoms with van der Waals surface area (Å²) in [5.41, 5.74) is 0.289. The summed E-state index contributed by atoms with van der Waals surface area (Å²) in [6, 6.07) is 1.92. The van der Waals surface area contributed by atoms with E-state index in [-0.39, 0.29) is 5.41 Å². The maximum atomic E-state index is 3.95. The lowest BCUT2D eigenvalue weighted by atomic mass is 9.97. The second-order valence-corrected chi connectivity index (χ2v) is 4.83. The predicted octanol–water partition coefficient (Wildman–Crippen LogP) is 2.63. The normalized spacial score (nSPS) is 11.7. The zero-order chi connectivity index (χ0) is 9.19. The quantitative estimate of drug-likeness (QED) is 0.822. The fourth-order valence-electron chi connectivity index (χ4n) is 0.748. The molecule has 3 nitrogen and oxygen atoms in total. The summed E-state index contributed by atoms with van der Waals surface area (Å²) in [7, 11) is 0. The van der Waals surface area contributed by atoms with Gasteiger partial charge >= 0.3 is 0 Å². The molecule has 0 aliphatic carbocycles. The molecule has 0 radical (unpaired) electrons. The highest BCUT2D eigenvalue weighted by Crippen LogP contribution is 2.15. The average molecular weight is 232 g/mol. The monoisotopic (exact) mass is 231 g/mol. The molecule has 0 fully saturated rings. The molecule has 0 atom stereocenters. The lowest BCUT2D eigenvalue weighted by Crippen LogP contribution is -2.19. The van der Waals surface area contributed by atoms with Crippen molar-refractivity contribution in [2.75, 3.05) is 11.9 Å². The van der Waals surface area contributed by atoms with Gasteiger partial charge in [0.15, 0.2) is 0 Å². The molecule has 0 spiro atoms. The Morgan fingerprint density at radius 2 is 2.25 bits per heavy atom. The molecule has 12 heavy (non-hydrogen) atoms. The van der Waals surface area contributed by atoms with Crippen LogP contribution in [-0.4, -0.2) is 16.7 Å². The molecule has 4 heteroatoms. The second kappa shape index (κ2) is 3.47. The molecule has 0 amide bonds. The van der Waals surface area contributed by atoms with E-state index < -0.39 is 0 Å². The maximum absolute atomic E-state index is 3.95. The van der Waals surface area contributed by atoms with E-state index in [1.54, 1.807) is 0 Å². The largest absolute Gasteiger partial charge is 0.370 e. The van der Waals surface area contributed by atoms with Crippen LogP contribution in [-0.2, 0) is 0 Å². The number of aromatic amines is 1. The van der Waals surface area contributed by atoms with Gasteiger partial charge in [-0.2, -0.15) is 5.10 Å². The molecule has 0 bridgehead atoms. The van der Waals surface area contributed by atoms with Crippen molar-refractivity contribution in [3.05, 3.63) is 10.7 Å². The van der Waals surface area contributed by atoms with Crippen molar-refractivity contribution in [1.82, 2.24) is 10.2 Å². The molecule has 2 N–H and O–H groups in total. The zero-order valence-electron chi connectivity index (χ0n) is 7.61. The van der Waals surface area contributed by atoms with E-state index in [0.29, 0.717) is 0 Å². The first-order valence-corrected chi connectivity index (χ1v) is 4.71. The predicted molar refractivity (Wildman–Crippen MR) is 54.2 cm³/mol. The molecule has 0 aliphatic rings. The number of nitrogens with one attached hydrogen (secondary N) is 2. The number of rotatable bonds is 2. The molecule has 1 aromatic heterocycles. The van der Waals surface area contributed by atoms with Crippen molar-refractivity contribution < 1.29 is 0 Å². The third-order valence-electron chi connectivity index (χ3n) is 1.36. The highest BCUT2D eigenvalue weighted by Gasteiger charge is 2.09. The number of hydrogen-bond donors (Lipinski definition) is 2. The van der Waals surface area contributed by atoms with Gasteiger partial charge in [0.05, 0.1) is 0 Å². The van der Waals surface area contributed by atoms with Crippen LogP contribution in [0.1, 0.15) is 20.8 Å². The van der Waals surface area contributed by atoms with Gasteiger partial charge in [-0.25, -0.2) is 0 Å². The second-order valence-electron chi connectivity index (χ2n) is 4.02. The number of aromatic nitrogens is 2. The highest BCUT2D eigenvalue weighted by atomic mass is 79.9. The van der Waals surface area contributed by atoms with Gasteiger partial charge in [0.2, 0.25) is 0 Å². The van der Waals surface area contributed by atoms with Gasteiger partial charge < -0.3 is 5.32 Å². The third-order valence-corrected chi connectivity index (χ3v) is 1.76. The minimum absolute atomic E-state index is 0.289. The van der Waals surface area contributed by atoms with Crippen LogP contribution in [0.2, 0.25) is 0 Å². The van der Waals surface area contributed by atoms with Crippen molar-refractivity contribution in [3.63, 3.8) is 0 Å². The molecular weight excluding hydrogens is 218 g/mol. The topological polar surface area (TPSA) is 40.7 Å². The average Bonchev–Trinajstić information content (AvgIpc) is 2.30. The highest BCUT2D eigenvalue weighted by molar-refractivity contribution is 9.10. The third kappa shape index (κ3) is 3.26. The maximum Gasteiger partial charge on any atom is 0.130 e. The first-order chi connectivity index (χ1) is 5.47. The van der Waals surface area contributed by atoms with Crippen molar-refractivity contribution in [2.24, 2.45) is 5.41 Å². The van der Waals surface area contributed by atoms with Gasteiger partial charge in [0.25, 0.3) is 0 Å². The lowest BCUT2D eigenvalue weighted by molar-refractivity contribution is 0.442. The molecule has 0 aliphatic heterocycles. The molecule has 1 rings (SSSR count). The lowest BCUT2D eigenvalue weighted by Gasteiger charge is -2.18. The van der Waals surface area contributed by atoms with Crippen LogP contribution in [0, 0.1) is 5.41 Å². The Morgan fingerprint density at radius 1 is 1.58 bits per heavy atom. The van der Waals surface area contributed by atoms with Crippen molar-refractivity contribution in [3.8, 4) is 0 Å². The zero-order valence-corrected chi connectivity index (χ0v) is 9.20. The summed E-state index contributed by atoms with van der Waals surface area (Å²) >= 11 is 3.27. The van der Waals surface area contributed by atoms with E-state index in [0.717, 1.165) is 17.0 Å². The molecule has 1 aromatic rings. The molecule has 0 saturated heterocycles. The van der Waals surface area contributed by atoms with Crippen LogP contribution in [0.25, 0.3) is 0 Å². The van der Waals surface area contributed by atoms with E-state index in [2.05, 4.69) is 52.2 Å². The van der Waals surface area contributed by atoms with Gasteiger partial charge in [0.1, 0.15) is 10.4 Å². The van der Waals surface area contributed by atoms with Crippen LogP contribution >= 0.6 is 15.9 Å². The van der Waals surface area contributed by atoms with Gasteiger partial charge in [-0.15, -0.1) is 0 Å². The molecule has 1 heterocycles. The Bertz CT molecular complexity index is 249. The molecule has 0 saturated carbocycles. The Balaban J connectivity index is 2.44. The Labute approximate surface area is 81.1 Å². The van der Waals surface area contributed by atoms with Gasteiger partial charge in [-0.3, -0.25) is 5.10 Å². The van der Waals surface area contributed by atoms with E-state index >= 15 is 0 Å². The molecule has 68 valence electrons. The molecular formula is C8H14BrN3. The number of H-pyrrole nitrogens is 1. The van der Waals surface area contributed by atoms with Crippen LogP contribution in [0.4, 0.5) is 5.82 Å². The van der Waals surface area contributed by atoms with E-state index in [1.165, 1.54) is 0 Å². The van der Waals surface area contributed by atoms with E-state index in [4.69, 9.17) is 0 Å². The summed E-state index contributed by atoms with van der Waals surface area (Å²) in [4.78, 5) is 0. The summed E-state index contributed by atoms with van der Waals surface area (Å²) < 4.78 is 0.832. The fraction of sp³-hybridized carbons (Fsp3) is 0.625. The Morgan fingerprint density at radius 3 is 2.67 bits per heavy atom. The van der Waals surface area contributed by atoms with Gasteiger partial charge in [-0.05, 0) is 21.3 Å².